The lowest BCUT2D eigenvalue weighted by molar-refractivity contribution is 0.0678. The summed E-state index contributed by atoms with van der Waals surface area (Å²) in [5.74, 6) is -0.923. The number of carbonyl (C=O) groups excluding carboxylic acids is 1. The van der Waals surface area contributed by atoms with Crippen LogP contribution in [0.3, 0.4) is 0 Å². The summed E-state index contributed by atoms with van der Waals surface area (Å²) in [4.78, 5) is 13.6. The third-order valence-electron chi connectivity index (χ3n) is 3.50. The van der Waals surface area contributed by atoms with Crippen molar-refractivity contribution in [2.24, 2.45) is 11.1 Å². The number of nitrogens with two attached hydrogens (primary N) is 1. The van der Waals surface area contributed by atoms with Crippen molar-refractivity contribution in [1.29, 1.82) is 0 Å². The minimum atomic E-state index is -4.03. The highest BCUT2D eigenvalue weighted by molar-refractivity contribution is 9.10. The Morgan fingerprint density at radius 1 is 1.48 bits per heavy atom. The minimum absolute atomic E-state index is 0.00561. The third-order valence-corrected chi connectivity index (χ3v) is 5.37. The molecule has 1 unspecified atom stereocenters. The van der Waals surface area contributed by atoms with Crippen molar-refractivity contribution in [3.8, 4) is 0 Å². The van der Waals surface area contributed by atoms with E-state index >= 15 is 0 Å². The van der Waals surface area contributed by atoms with Gasteiger partial charge in [0.15, 0.2) is 0 Å². The van der Waals surface area contributed by atoms with Crippen LogP contribution in [0.2, 0.25) is 0 Å². The standard InChI is InChI=1S/C13H16BrFN2O3S/c1-8-3-2-4-17(7-8)13(18)9-5-12(21(16,19)20)10(14)6-11(9)15/h5-6,8H,2-4,7H2,1H3,(H2,16,19,20). The zero-order valence-electron chi connectivity index (χ0n) is 11.5. The highest BCUT2D eigenvalue weighted by Crippen LogP contribution is 2.26. The van der Waals surface area contributed by atoms with Crippen molar-refractivity contribution in [2.45, 2.75) is 24.7 Å². The van der Waals surface area contributed by atoms with E-state index in [0.717, 1.165) is 25.0 Å². The SMILES string of the molecule is CC1CCCN(C(=O)c2cc(S(N)(=O)=O)c(Br)cc2F)C1. The van der Waals surface area contributed by atoms with Crippen molar-refractivity contribution in [3.63, 3.8) is 0 Å². The largest absolute Gasteiger partial charge is 0.338 e. The Bertz CT molecular complexity index is 678. The van der Waals surface area contributed by atoms with Crippen LogP contribution in [0.25, 0.3) is 0 Å². The van der Waals surface area contributed by atoms with Crippen molar-refractivity contribution < 1.29 is 17.6 Å². The number of sulfonamides is 1. The van der Waals surface area contributed by atoms with Gasteiger partial charge in [-0.2, -0.15) is 0 Å². The van der Waals surface area contributed by atoms with Gasteiger partial charge in [0.2, 0.25) is 10.0 Å². The maximum absolute atomic E-state index is 14.0. The second kappa shape index (κ2) is 6.02. The quantitative estimate of drug-likeness (QED) is 0.855. The number of amides is 1. The van der Waals surface area contributed by atoms with Crippen LogP contribution in [-0.2, 0) is 10.0 Å². The fourth-order valence-corrected chi connectivity index (χ4v) is 4.06. The van der Waals surface area contributed by atoms with E-state index in [1.54, 1.807) is 4.90 Å². The number of halogens is 2. The third kappa shape index (κ3) is 3.61. The highest BCUT2D eigenvalue weighted by atomic mass is 79.9. The molecule has 1 fully saturated rings. The lowest BCUT2D eigenvalue weighted by atomic mass is 9.99. The van der Waals surface area contributed by atoms with Gasteiger partial charge >= 0.3 is 0 Å². The zero-order chi connectivity index (χ0) is 15.8. The maximum atomic E-state index is 14.0. The lowest BCUT2D eigenvalue weighted by Gasteiger charge is -2.31. The van der Waals surface area contributed by atoms with E-state index in [1.165, 1.54) is 0 Å². The molecule has 8 heteroatoms. The summed E-state index contributed by atoms with van der Waals surface area (Å²) in [6, 6.07) is 1.96. The second-order valence-corrected chi connectivity index (χ2v) is 7.69. The van der Waals surface area contributed by atoms with E-state index < -0.39 is 21.7 Å². The van der Waals surface area contributed by atoms with Crippen molar-refractivity contribution >= 4 is 31.9 Å². The molecule has 1 aliphatic rings. The van der Waals surface area contributed by atoms with Gasteiger partial charge in [-0.05, 0) is 46.8 Å². The summed E-state index contributed by atoms with van der Waals surface area (Å²) < 4.78 is 37.0. The van der Waals surface area contributed by atoms with Crippen LogP contribution in [-0.4, -0.2) is 32.3 Å². The van der Waals surface area contributed by atoms with E-state index in [1.807, 2.05) is 6.92 Å². The highest BCUT2D eigenvalue weighted by Gasteiger charge is 2.26. The molecule has 0 spiro atoms. The summed E-state index contributed by atoms with van der Waals surface area (Å²) >= 11 is 2.95. The summed E-state index contributed by atoms with van der Waals surface area (Å²) in [6.45, 7) is 3.11. The normalized spacial score (nSPS) is 19.6. The number of carbonyl (C=O) groups is 1. The van der Waals surface area contributed by atoms with Crippen LogP contribution >= 0.6 is 15.9 Å². The molecule has 0 radical (unpaired) electrons. The molecule has 1 saturated heterocycles. The maximum Gasteiger partial charge on any atom is 0.256 e. The summed E-state index contributed by atoms with van der Waals surface area (Å²) in [7, 11) is -4.03. The minimum Gasteiger partial charge on any atom is -0.338 e. The number of benzene rings is 1. The Morgan fingerprint density at radius 2 is 2.14 bits per heavy atom. The Morgan fingerprint density at radius 3 is 2.71 bits per heavy atom. The molecular weight excluding hydrogens is 363 g/mol. The van der Waals surface area contributed by atoms with Gasteiger partial charge in [0.05, 0.1) is 10.5 Å². The summed E-state index contributed by atoms with van der Waals surface area (Å²) in [5.41, 5.74) is -0.267. The van der Waals surface area contributed by atoms with Crippen LogP contribution in [0.1, 0.15) is 30.1 Å². The smallest absolute Gasteiger partial charge is 0.256 e. The molecule has 0 aliphatic carbocycles. The van der Waals surface area contributed by atoms with Gasteiger partial charge in [-0.15, -0.1) is 0 Å². The Hall–Kier alpha value is -0.990. The van der Waals surface area contributed by atoms with Crippen LogP contribution < -0.4 is 5.14 Å². The molecule has 0 aromatic heterocycles. The Kier molecular flexibility index (Phi) is 4.69. The summed E-state index contributed by atoms with van der Waals surface area (Å²) in [5, 5.41) is 5.07. The molecule has 0 saturated carbocycles. The monoisotopic (exact) mass is 378 g/mol. The molecule has 1 heterocycles. The van der Waals surface area contributed by atoms with Crippen LogP contribution in [0.4, 0.5) is 4.39 Å². The molecule has 116 valence electrons. The van der Waals surface area contributed by atoms with Crippen molar-refractivity contribution in [1.82, 2.24) is 4.90 Å². The van der Waals surface area contributed by atoms with E-state index in [4.69, 9.17) is 5.14 Å². The molecule has 2 N–H and O–H groups in total. The first-order valence-corrected chi connectivity index (χ1v) is 8.85. The average molecular weight is 379 g/mol. The lowest BCUT2D eigenvalue weighted by Crippen LogP contribution is -2.39. The van der Waals surface area contributed by atoms with E-state index in [2.05, 4.69) is 15.9 Å². The average Bonchev–Trinajstić information content (AvgIpc) is 2.36. The van der Waals surface area contributed by atoms with Crippen LogP contribution in [0, 0.1) is 11.7 Å². The molecule has 1 aliphatic heterocycles. The number of hydrogen-bond acceptors (Lipinski definition) is 3. The van der Waals surface area contributed by atoms with Crippen molar-refractivity contribution in [2.75, 3.05) is 13.1 Å². The Labute approximate surface area is 131 Å². The first-order valence-electron chi connectivity index (χ1n) is 6.51. The van der Waals surface area contributed by atoms with Gasteiger partial charge < -0.3 is 4.90 Å². The van der Waals surface area contributed by atoms with Gasteiger partial charge in [0, 0.05) is 17.6 Å². The zero-order valence-corrected chi connectivity index (χ0v) is 13.9. The van der Waals surface area contributed by atoms with Crippen LogP contribution in [0.5, 0.6) is 0 Å². The fraction of sp³-hybridized carbons (Fsp3) is 0.462. The number of hydrogen-bond donors (Lipinski definition) is 1. The van der Waals surface area contributed by atoms with E-state index in [-0.39, 0.29) is 14.9 Å². The van der Waals surface area contributed by atoms with Gasteiger partial charge in [-0.1, -0.05) is 6.92 Å². The fourth-order valence-electron chi connectivity index (χ4n) is 2.46. The molecule has 21 heavy (non-hydrogen) atoms. The molecule has 1 amide bonds. The van der Waals surface area contributed by atoms with Gasteiger partial charge in [-0.25, -0.2) is 17.9 Å². The van der Waals surface area contributed by atoms with Gasteiger partial charge in [-0.3, -0.25) is 4.79 Å². The van der Waals surface area contributed by atoms with E-state index in [9.17, 15) is 17.6 Å². The molecule has 1 atom stereocenters. The van der Waals surface area contributed by atoms with Gasteiger partial charge in [0.25, 0.3) is 5.91 Å². The number of primary sulfonamides is 1. The predicted octanol–water partition coefficient (Wildman–Crippen LogP) is 2.11. The molecule has 0 bridgehead atoms. The topological polar surface area (TPSA) is 80.5 Å². The predicted molar refractivity (Wildman–Crippen MR) is 79.8 cm³/mol. The number of rotatable bonds is 2. The van der Waals surface area contributed by atoms with Crippen molar-refractivity contribution in [3.05, 3.63) is 28.0 Å². The molecule has 1 aromatic rings. The number of nitrogens with zero attached hydrogens (tertiary/aromatic N) is 1. The molecule has 1 aromatic carbocycles. The van der Waals surface area contributed by atoms with E-state index in [0.29, 0.717) is 19.0 Å². The number of likely N-dealkylation sites (tertiary alicyclic amines) is 1. The first kappa shape index (κ1) is 16.4. The molecule has 2 rings (SSSR count). The first-order chi connectivity index (χ1) is 9.70. The second-order valence-electron chi connectivity index (χ2n) is 5.31. The Balaban J connectivity index is 2.41. The molecular formula is C13H16BrFN2O3S. The van der Waals surface area contributed by atoms with Gasteiger partial charge in [0.1, 0.15) is 5.82 Å². The number of piperidine rings is 1. The van der Waals surface area contributed by atoms with Crippen LogP contribution in [0.15, 0.2) is 21.5 Å². The molecule has 5 nitrogen and oxygen atoms in total. The summed E-state index contributed by atoms with van der Waals surface area (Å²) in [6.07, 6.45) is 1.88.